The van der Waals surface area contributed by atoms with Crippen LogP contribution in [0.15, 0.2) is 53.5 Å². The van der Waals surface area contributed by atoms with Gasteiger partial charge in [-0.25, -0.2) is 9.98 Å². The van der Waals surface area contributed by atoms with Gasteiger partial charge in [0, 0.05) is 5.56 Å². The molecule has 104 valence electrons. The summed E-state index contributed by atoms with van der Waals surface area (Å²) in [4.78, 5) is 8.94. The standard InChI is InChI=1S/C15H13N5O/c16-14-18-13(9-5-1-4-8-12(9)21)20-11-7-3-2-6-10(11)17-15(20)19-14/h1-8,13,21H,(H3,16,17,18,19)/t13-/m0/s1. The maximum atomic E-state index is 10.1. The van der Waals surface area contributed by atoms with Gasteiger partial charge in [-0.2, -0.15) is 0 Å². The highest BCUT2D eigenvalue weighted by atomic mass is 16.3. The van der Waals surface area contributed by atoms with Gasteiger partial charge < -0.3 is 10.8 Å². The van der Waals surface area contributed by atoms with Crippen molar-refractivity contribution in [1.29, 1.82) is 0 Å². The van der Waals surface area contributed by atoms with E-state index in [1.807, 2.05) is 41.0 Å². The van der Waals surface area contributed by atoms with Crippen molar-refractivity contribution in [3.8, 4) is 5.75 Å². The number of anilines is 1. The van der Waals surface area contributed by atoms with Gasteiger partial charge in [0.2, 0.25) is 5.95 Å². The van der Waals surface area contributed by atoms with Gasteiger partial charge in [-0.15, -0.1) is 0 Å². The molecule has 6 nitrogen and oxygen atoms in total. The first-order valence-corrected chi connectivity index (χ1v) is 6.59. The Labute approximate surface area is 120 Å². The predicted octanol–water partition coefficient (Wildman–Crippen LogP) is 2.03. The maximum Gasteiger partial charge on any atom is 0.212 e. The Morgan fingerprint density at radius 3 is 2.71 bits per heavy atom. The van der Waals surface area contributed by atoms with E-state index >= 15 is 0 Å². The lowest BCUT2D eigenvalue weighted by Gasteiger charge is -2.24. The van der Waals surface area contributed by atoms with Crippen molar-refractivity contribution >= 4 is 22.9 Å². The summed E-state index contributed by atoms with van der Waals surface area (Å²) in [6, 6.07) is 14.9. The smallest absolute Gasteiger partial charge is 0.212 e. The molecular formula is C15H13N5O. The average Bonchev–Trinajstić information content (AvgIpc) is 2.85. The van der Waals surface area contributed by atoms with E-state index in [0.717, 1.165) is 11.0 Å². The molecule has 1 aromatic heterocycles. The zero-order valence-corrected chi connectivity index (χ0v) is 11.1. The van der Waals surface area contributed by atoms with Crippen LogP contribution in [0.1, 0.15) is 11.7 Å². The maximum absolute atomic E-state index is 10.1. The van der Waals surface area contributed by atoms with E-state index in [-0.39, 0.29) is 11.7 Å². The van der Waals surface area contributed by atoms with Gasteiger partial charge in [-0.3, -0.25) is 9.88 Å². The third kappa shape index (κ3) is 1.73. The number of para-hydroxylation sites is 3. The number of hydrogen-bond donors (Lipinski definition) is 3. The van der Waals surface area contributed by atoms with Gasteiger partial charge in [0.15, 0.2) is 12.1 Å². The summed E-state index contributed by atoms with van der Waals surface area (Å²) in [6.07, 6.45) is -0.435. The van der Waals surface area contributed by atoms with Gasteiger partial charge >= 0.3 is 0 Å². The number of aliphatic imine (C=N–C) groups is 1. The number of phenolic OH excluding ortho intramolecular Hbond substituents is 1. The molecule has 0 fully saturated rings. The summed E-state index contributed by atoms with van der Waals surface area (Å²) in [6.45, 7) is 0. The van der Waals surface area contributed by atoms with Crippen molar-refractivity contribution in [3.63, 3.8) is 0 Å². The number of benzene rings is 2. The Kier molecular flexibility index (Phi) is 2.38. The number of hydrogen-bond acceptors (Lipinski definition) is 5. The van der Waals surface area contributed by atoms with Crippen LogP contribution in [-0.4, -0.2) is 20.6 Å². The predicted molar refractivity (Wildman–Crippen MR) is 81.2 cm³/mol. The van der Waals surface area contributed by atoms with Crippen LogP contribution < -0.4 is 11.1 Å². The Balaban J connectivity index is 2.00. The second-order valence-corrected chi connectivity index (χ2v) is 4.87. The SMILES string of the molecule is NC1=N[C@H](c2ccccc2O)n2c(nc3ccccc32)N1. The number of nitrogens with zero attached hydrogens (tertiary/aromatic N) is 3. The number of nitrogens with two attached hydrogens (primary N) is 1. The number of aromatic nitrogens is 2. The summed E-state index contributed by atoms with van der Waals surface area (Å²) in [5.74, 6) is 1.09. The Bertz CT molecular complexity index is 867. The van der Waals surface area contributed by atoms with Gasteiger partial charge in [-0.05, 0) is 18.2 Å². The molecule has 0 saturated heterocycles. The van der Waals surface area contributed by atoms with Crippen molar-refractivity contribution < 1.29 is 5.11 Å². The summed E-state index contributed by atoms with van der Waals surface area (Å²) < 4.78 is 1.93. The molecule has 0 aliphatic carbocycles. The van der Waals surface area contributed by atoms with Crippen LogP contribution in [0.3, 0.4) is 0 Å². The lowest BCUT2D eigenvalue weighted by molar-refractivity contribution is 0.456. The molecule has 0 unspecified atom stereocenters. The molecule has 0 spiro atoms. The molecule has 0 radical (unpaired) electrons. The van der Waals surface area contributed by atoms with Crippen LogP contribution in [0.25, 0.3) is 11.0 Å². The van der Waals surface area contributed by atoms with Crippen molar-refractivity contribution in [2.75, 3.05) is 5.32 Å². The second-order valence-electron chi connectivity index (χ2n) is 4.87. The Morgan fingerprint density at radius 2 is 1.86 bits per heavy atom. The normalized spacial score (nSPS) is 17.1. The van der Waals surface area contributed by atoms with Gasteiger partial charge in [-0.1, -0.05) is 30.3 Å². The van der Waals surface area contributed by atoms with E-state index in [4.69, 9.17) is 5.73 Å². The summed E-state index contributed by atoms with van der Waals surface area (Å²) in [5, 5.41) is 13.1. The molecule has 1 aliphatic rings. The minimum absolute atomic E-state index is 0.185. The number of guanidine groups is 1. The van der Waals surface area contributed by atoms with E-state index in [2.05, 4.69) is 15.3 Å². The molecule has 2 aromatic carbocycles. The zero-order chi connectivity index (χ0) is 14.4. The molecule has 3 aromatic rings. The van der Waals surface area contributed by atoms with E-state index in [1.54, 1.807) is 12.1 Å². The van der Waals surface area contributed by atoms with Crippen LogP contribution >= 0.6 is 0 Å². The Morgan fingerprint density at radius 1 is 1.10 bits per heavy atom. The molecular weight excluding hydrogens is 266 g/mol. The van der Waals surface area contributed by atoms with E-state index in [0.29, 0.717) is 11.5 Å². The number of fused-ring (bicyclic) bond motifs is 3. The van der Waals surface area contributed by atoms with Crippen LogP contribution in [0.5, 0.6) is 5.75 Å². The highest BCUT2D eigenvalue weighted by Crippen LogP contribution is 2.35. The van der Waals surface area contributed by atoms with Crippen LogP contribution in [0.2, 0.25) is 0 Å². The second kappa shape index (κ2) is 4.24. The highest BCUT2D eigenvalue weighted by molar-refractivity contribution is 5.94. The number of phenols is 1. The van der Waals surface area contributed by atoms with E-state index < -0.39 is 6.17 Å². The van der Waals surface area contributed by atoms with Crippen molar-refractivity contribution in [1.82, 2.24) is 9.55 Å². The molecule has 1 aliphatic heterocycles. The molecule has 1 atom stereocenters. The third-order valence-electron chi connectivity index (χ3n) is 3.56. The lowest BCUT2D eigenvalue weighted by Crippen LogP contribution is -2.31. The first-order valence-electron chi connectivity index (χ1n) is 6.59. The summed E-state index contributed by atoms with van der Waals surface area (Å²) >= 11 is 0. The first kappa shape index (κ1) is 11.8. The van der Waals surface area contributed by atoms with Crippen molar-refractivity contribution in [2.45, 2.75) is 6.17 Å². The largest absolute Gasteiger partial charge is 0.508 e. The quantitative estimate of drug-likeness (QED) is 0.636. The van der Waals surface area contributed by atoms with Crippen LogP contribution in [-0.2, 0) is 0 Å². The molecule has 6 heteroatoms. The third-order valence-corrected chi connectivity index (χ3v) is 3.56. The monoisotopic (exact) mass is 279 g/mol. The van der Waals surface area contributed by atoms with E-state index in [1.165, 1.54) is 0 Å². The molecule has 0 amide bonds. The van der Waals surface area contributed by atoms with Crippen molar-refractivity contribution in [3.05, 3.63) is 54.1 Å². The van der Waals surface area contributed by atoms with Gasteiger partial charge in [0.1, 0.15) is 5.75 Å². The molecule has 21 heavy (non-hydrogen) atoms. The number of imidazole rings is 1. The summed E-state index contributed by atoms with van der Waals surface area (Å²) in [5.41, 5.74) is 8.33. The average molecular weight is 279 g/mol. The van der Waals surface area contributed by atoms with E-state index in [9.17, 15) is 5.11 Å². The minimum atomic E-state index is -0.435. The molecule has 4 rings (SSSR count). The van der Waals surface area contributed by atoms with Crippen LogP contribution in [0, 0.1) is 0 Å². The molecule has 2 heterocycles. The molecule has 0 bridgehead atoms. The molecule has 0 saturated carbocycles. The van der Waals surface area contributed by atoms with Crippen LogP contribution in [0.4, 0.5) is 5.95 Å². The number of aromatic hydroxyl groups is 1. The topological polar surface area (TPSA) is 88.5 Å². The fourth-order valence-corrected chi connectivity index (χ4v) is 2.63. The first-order chi connectivity index (χ1) is 10.2. The fraction of sp³-hybridized carbons (Fsp3) is 0.0667. The van der Waals surface area contributed by atoms with Gasteiger partial charge in [0.25, 0.3) is 0 Å². The molecule has 4 N–H and O–H groups in total. The lowest BCUT2D eigenvalue weighted by atomic mass is 10.1. The zero-order valence-electron chi connectivity index (χ0n) is 11.1. The number of rotatable bonds is 1. The minimum Gasteiger partial charge on any atom is -0.508 e. The van der Waals surface area contributed by atoms with Gasteiger partial charge in [0.05, 0.1) is 11.0 Å². The highest BCUT2D eigenvalue weighted by Gasteiger charge is 2.26. The fourth-order valence-electron chi connectivity index (χ4n) is 2.63. The van der Waals surface area contributed by atoms with Crippen molar-refractivity contribution in [2.24, 2.45) is 10.7 Å². The summed E-state index contributed by atoms with van der Waals surface area (Å²) in [7, 11) is 0. The Hall–Kier alpha value is -3.02. The number of nitrogens with one attached hydrogen (secondary N) is 1.